The van der Waals surface area contributed by atoms with Crippen LogP contribution in [0, 0.1) is 0 Å². The van der Waals surface area contributed by atoms with E-state index in [9.17, 15) is 4.79 Å². The molecule has 1 amide bonds. The second kappa shape index (κ2) is 4.35. The zero-order chi connectivity index (χ0) is 13.6. The molecule has 1 aliphatic rings. The van der Waals surface area contributed by atoms with Crippen molar-refractivity contribution in [3.63, 3.8) is 0 Å². The van der Waals surface area contributed by atoms with E-state index in [4.69, 9.17) is 0 Å². The lowest BCUT2D eigenvalue weighted by Crippen LogP contribution is -2.08. The van der Waals surface area contributed by atoms with E-state index < -0.39 is 0 Å². The predicted octanol–water partition coefficient (Wildman–Crippen LogP) is 2.93. The highest BCUT2D eigenvalue weighted by atomic mass is 32.1. The second-order valence-corrected chi connectivity index (χ2v) is 5.76. The van der Waals surface area contributed by atoms with Gasteiger partial charge in [0.25, 0.3) is 0 Å². The molecule has 0 spiro atoms. The van der Waals surface area contributed by atoms with Crippen LogP contribution in [-0.2, 0) is 4.79 Å². The molecule has 0 radical (unpaired) electrons. The number of amides is 1. The highest BCUT2D eigenvalue weighted by Gasteiger charge is 2.26. The van der Waals surface area contributed by atoms with E-state index in [1.165, 1.54) is 0 Å². The van der Waals surface area contributed by atoms with E-state index in [2.05, 4.69) is 16.4 Å². The minimum absolute atomic E-state index is 0.0689. The second-order valence-electron chi connectivity index (χ2n) is 4.92. The SMILES string of the molecule is C[C@H]1C(=O)Nc2ccc(-c3csc(N(C)C)n3)cc21. The van der Waals surface area contributed by atoms with Gasteiger partial charge in [0.15, 0.2) is 5.13 Å². The number of thiazole rings is 1. The van der Waals surface area contributed by atoms with Crippen molar-refractivity contribution in [2.45, 2.75) is 12.8 Å². The zero-order valence-electron chi connectivity index (χ0n) is 11.1. The van der Waals surface area contributed by atoms with Crippen LogP contribution in [0.1, 0.15) is 18.4 Å². The van der Waals surface area contributed by atoms with Gasteiger partial charge in [-0.25, -0.2) is 4.98 Å². The van der Waals surface area contributed by atoms with Crippen LogP contribution >= 0.6 is 11.3 Å². The predicted molar refractivity (Wildman–Crippen MR) is 78.9 cm³/mol. The molecule has 2 heterocycles. The Morgan fingerprint density at radius 1 is 1.37 bits per heavy atom. The Bertz CT molecular complexity index is 648. The van der Waals surface area contributed by atoms with Crippen molar-refractivity contribution in [2.75, 3.05) is 24.3 Å². The summed E-state index contributed by atoms with van der Waals surface area (Å²) in [4.78, 5) is 18.2. The number of carbonyl (C=O) groups excluding carboxylic acids is 1. The van der Waals surface area contributed by atoms with E-state index >= 15 is 0 Å². The number of rotatable bonds is 2. The highest BCUT2D eigenvalue weighted by molar-refractivity contribution is 7.14. The molecule has 0 saturated heterocycles. The van der Waals surface area contributed by atoms with Gasteiger partial charge in [-0.15, -0.1) is 11.3 Å². The lowest BCUT2D eigenvalue weighted by molar-refractivity contribution is -0.116. The van der Waals surface area contributed by atoms with E-state index in [0.29, 0.717) is 0 Å². The molecule has 4 nitrogen and oxygen atoms in total. The first-order chi connectivity index (χ1) is 9.06. The monoisotopic (exact) mass is 273 g/mol. The van der Waals surface area contributed by atoms with Gasteiger partial charge in [0.05, 0.1) is 11.6 Å². The fourth-order valence-corrected chi connectivity index (χ4v) is 2.95. The first-order valence-electron chi connectivity index (χ1n) is 6.14. The third-order valence-corrected chi connectivity index (χ3v) is 4.35. The van der Waals surface area contributed by atoms with Crippen molar-refractivity contribution in [1.82, 2.24) is 4.98 Å². The van der Waals surface area contributed by atoms with Crippen molar-refractivity contribution >= 4 is 28.1 Å². The van der Waals surface area contributed by atoms with Gasteiger partial charge in [-0.1, -0.05) is 6.07 Å². The van der Waals surface area contributed by atoms with Crippen molar-refractivity contribution in [1.29, 1.82) is 0 Å². The van der Waals surface area contributed by atoms with Crippen molar-refractivity contribution in [3.05, 3.63) is 29.1 Å². The van der Waals surface area contributed by atoms with Crippen LogP contribution in [0.3, 0.4) is 0 Å². The maximum Gasteiger partial charge on any atom is 0.231 e. The van der Waals surface area contributed by atoms with Crippen LogP contribution in [0.4, 0.5) is 10.8 Å². The van der Waals surface area contributed by atoms with Crippen molar-refractivity contribution < 1.29 is 4.79 Å². The zero-order valence-corrected chi connectivity index (χ0v) is 11.9. The molecule has 0 aliphatic carbocycles. The average molecular weight is 273 g/mol. The molecule has 0 bridgehead atoms. The Morgan fingerprint density at radius 2 is 2.16 bits per heavy atom. The van der Waals surface area contributed by atoms with E-state index in [1.54, 1.807) is 11.3 Å². The van der Waals surface area contributed by atoms with Crippen LogP contribution in [0.25, 0.3) is 11.3 Å². The van der Waals surface area contributed by atoms with Gasteiger partial charge in [0.1, 0.15) is 0 Å². The van der Waals surface area contributed by atoms with Crippen LogP contribution in [0.5, 0.6) is 0 Å². The number of fused-ring (bicyclic) bond motifs is 1. The molecule has 1 N–H and O–H groups in total. The highest BCUT2D eigenvalue weighted by Crippen LogP contribution is 2.36. The fraction of sp³-hybridized carbons (Fsp3) is 0.286. The normalized spacial score (nSPS) is 17.2. The minimum Gasteiger partial charge on any atom is -0.354 e. The van der Waals surface area contributed by atoms with Gasteiger partial charge in [-0.3, -0.25) is 4.79 Å². The Kier molecular flexibility index (Phi) is 2.78. The molecule has 98 valence electrons. The standard InChI is InChI=1S/C14H15N3OS/c1-8-10-6-9(4-5-11(10)15-13(8)18)12-7-19-14(16-12)17(2)3/h4-8H,1-3H3,(H,15,18)/t8-/m1/s1. The maximum absolute atomic E-state index is 11.6. The quantitative estimate of drug-likeness (QED) is 0.915. The van der Waals surface area contributed by atoms with Crippen LogP contribution in [0.15, 0.2) is 23.6 Å². The van der Waals surface area contributed by atoms with E-state index in [0.717, 1.165) is 27.6 Å². The maximum atomic E-state index is 11.6. The van der Waals surface area contributed by atoms with Gasteiger partial charge in [-0.05, 0) is 24.6 Å². The number of hydrogen-bond acceptors (Lipinski definition) is 4. The summed E-state index contributed by atoms with van der Waals surface area (Å²) in [6.07, 6.45) is 0. The third kappa shape index (κ3) is 2.00. The number of nitrogens with one attached hydrogen (secondary N) is 1. The van der Waals surface area contributed by atoms with Gasteiger partial charge < -0.3 is 10.2 Å². The summed E-state index contributed by atoms with van der Waals surface area (Å²) in [6, 6.07) is 6.03. The van der Waals surface area contributed by atoms with Gasteiger partial charge in [0.2, 0.25) is 5.91 Å². The summed E-state index contributed by atoms with van der Waals surface area (Å²) in [5.41, 5.74) is 4.00. The largest absolute Gasteiger partial charge is 0.354 e. The molecule has 0 saturated carbocycles. The molecule has 0 fully saturated rings. The Hall–Kier alpha value is -1.88. The third-order valence-electron chi connectivity index (χ3n) is 3.34. The minimum atomic E-state index is -0.0816. The first-order valence-corrected chi connectivity index (χ1v) is 7.02. The molecule has 1 aliphatic heterocycles. The number of aromatic nitrogens is 1. The molecule has 1 aromatic carbocycles. The topological polar surface area (TPSA) is 45.2 Å². The molecule has 5 heteroatoms. The van der Waals surface area contributed by atoms with Crippen molar-refractivity contribution in [3.8, 4) is 11.3 Å². The molecule has 1 aromatic heterocycles. The number of benzene rings is 1. The number of nitrogens with zero attached hydrogens (tertiary/aromatic N) is 2. The summed E-state index contributed by atoms with van der Waals surface area (Å²) in [5, 5.41) is 5.92. The molecular weight excluding hydrogens is 258 g/mol. The summed E-state index contributed by atoms with van der Waals surface area (Å²) in [7, 11) is 3.96. The van der Waals surface area contributed by atoms with E-state index in [-0.39, 0.29) is 11.8 Å². The Balaban J connectivity index is 2.00. The molecule has 1 atom stereocenters. The average Bonchev–Trinajstić information content (AvgIpc) is 2.96. The van der Waals surface area contributed by atoms with E-state index in [1.807, 2.05) is 43.4 Å². The lowest BCUT2D eigenvalue weighted by Gasteiger charge is -2.06. The van der Waals surface area contributed by atoms with Gasteiger partial charge in [-0.2, -0.15) is 0 Å². The Labute approximate surface area is 116 Å². The summed E-state index contributed by atoms with van der Waals surface area (Å²) >= 11 is 1.62. The molecular formula is C14H15N3OS. The molecule has 3 rings (SSSR count). The van der Waals surface area contributed by atoms with Crippen molar-refractivity contribution in [2.24, 2.45) is 0 Å². The molecule has 2 aromatic rings. The summed E-state index contributed by atoms with van der Waals surface area (Å²) in [5.74, 6) is -0.0127. The Morgan fingerprint density at radius 3 is 2.84 bits per heavy atom. The molecule has 19 heavy (non-hydrogen) atoms. The summed E-state index contributed by atoms with van der Waals surface area (Å²) in [6.45, 7) is 1.93. The van der Waals surface area contributed by atoms with Gasteiger partial charge in [0, 0.05) is 30.7 Å². The van der Waals surface area contributed by atoms with Crippen LogP contribution in [-0.4, -0.2) is 25.0 Å². The smallest absolute Gasteiger partial charge is 0.231 e. The fourth-order valence-electron chi connectivity index (χ4n) is 2.18. The summed E-state index contributed by atoms with van der Waals surface area (Å²) < 4.78 is 0. The van der Waals surface area contributed by atoms with Crippen LogP contribution < -0.4 is 10.2 Å². The first kappa shape index (κ1) is 12.2. The van der Waals surface area contributed by atoms with Gasteiger partial charge >= 0.3 is 0 Å². The number of hydrogen-bond donors (Lipinski definition) is 1. The van der Waals surface area contributed by atoms with Crippen LogP contribution in [0.2, 0.25) is 0 Å². The lowest BCUT2D eigenvalue weighted by atomic mass is 10.00. The number of carbonyl (C=O) groups is 1. The molecule has 0 unspecified atom stereocenters. The number of anilines is 2.